The van der Waals surface area contributed by atoms with Gasteiger partial charge in [0.05, 0.1) is 0 Å². The van der Waals surface area contributed by atoms with Gasteiger partial charge in [-0.25, -0.2) is 0 Å². The maximum absolute atomic E-state index is 2.74. The molecule has 2 bridgehead atoms. The van der Waals surface area contributed by atoms with E-state index in [-0.39, 0.29) is 0 Å². The van der Waals surface area contributed by atoms with Crippen molar-refractivity contribution in [3.05, 3.63) is 0 Å². The molecule has 2 nitrogen and oxygen atoms in total. The zero-order chi connectivity index (χ0) is 10.1. The lowest BCUT2D eigenvalue weighted by Gasteiger charge is -2.42. The lowest BCUT2D eigenvalue weighted by Crippen LogP contribution is -2.54. The predicted octanol–water partition coefficient (Wildman–Crippen LogP) is 1.95. The molecule has 14 heavy (non-hydrogen) atoms. The fourth-order valence-corrected chi connectivity index (χ4v) is 3.25. The standard InChI is InChI=1S/C12H24N2/c1-4-10(5-2)14-8-11-6-7-12(9-14)13(11)3/h10-12H,4-9H2,1-3H3. The Labute approximate surface area is 88.3 Å². The molecule has 0 radical (unpaired) electrons. The van der Waals surface area contributed by atoms with Crippen molar-refractivity contribution >= 4 is 0 Å². The molecule has 0 aliphatic carbocycles. The van der Waals surface area contributed by atoms with Gasteiger partial charge in [0.25, 0.3) is 0 Å². The molecule has 2 aliphatic heterocycles. The number of likely N-dealkylation sites (N-methyl/N-ethyl adjacent to an activating group) is 1. The molecule has 2 heteroatoms. The molecule has 2 unspecified atom stereocenters. The van der Waals surface area contributed by atoms with Crippen molar-refractivity contribution in [3.8, 4) is 0 Å². The van der Waals surface area contributed by atoms with Crippen LogP contribution in [0.4, 0.5) is 0 Å². The number of piperazine rings is 1. The van der Waals surface area contributed by atoms with Crippen LogP contribution in [0.5, 0.6) is 0 Å². The molecule has 0 amide bonds. The third-order valence-electron chi connectivity index (χ3n) is 4.33. The van der Waals surface area contributed by atoms with Crippen LogP contribution in [0.2, 0.25) is 0 Å². The first-order valence-electron chi connectivity index (χ1n) is 6.22. The van der Waals surface area contributed by atoms with E-state index in [1.54, 1.807) is 0 Å². The van der Waals surface area contributed by atoms with Gasteiger partial charge in [0.15, 0.2) is 0 Å². The lowest BCUT2D eigenvalue weighted by atomic mass is 10.1. The third-order valence-corrected chi connectivity index (χ3v) is 4.33. The lowest BCUT2D eigenvalue weighted by molar-refractivity contribution is 0.0550. The minimum Gasteiger partial charge on any atom is -0.298 e. The van der Waals surface area contributed by atoms with Crippen molar-refractivity contribution in [1.82, 2.24) is 9.80 Å². The molecule has 0 N–H and O–H groups in total. The van der Waals surface area contributed by atoms with E-state index in [0.29, 0.717) is 0 Å². The van der Waals surface area contributed by atoms with Crippen LogP contribution in [0, 0.1) is 0 Å². The van der Waals surface area contributed by atoms with Gasteiger partial charge in [-0.05, 0) is 32.7 Å². The van der Waals surface area contributed by atoms with Crippen molar-refractivity contribution in [2.45, 2.75) is 57.7 Å². The summed E-state index contributed by atoms with van der Waals surface area (Å²) in [4.78, 5) is 5.35. The largest absolute Gasteiger partial charge is 0.298 e. The van der Waals surface area contributed by atoms with Crippen LogP contribution >= 0.6 is 0 Å². The van der Waals surface area contributed by atoms with E-state index in [4.69, 9.17) is 0 Å². The number of hydrogen-bond acceptors (Lipinski definition) is 2. The van der Waals surface area contributed by atoms with Gasteiger partial charge >= 0.3 is 0 Å². The Balaban J connectivity index is 1.98. The van der Waals surface area contributed by atoms with Gasteiger partial charge in [-0.2, -0.15) is 0 Å². The molecule has 2 atom stereocenters. The van der Waals surface area contributed by atoms with Gasteiger partial charge in [-0.3, -0.25) is 9.80 Å². The topological polar surface area (TPSA) is 6.48 Å². The first-order valence-corrected chi connectivity index (χ1v) is 6.22. The highest BCUT2D eigenvalue weighted by molar-refractivity contribution is 4.95. The van der Waals surface area contributed by atoms with Crippen LogP contribution in [0.1, 0.15) is 39.5 Å². The van der Waals surface area contributed by atoms with E-state index in [9.17, 15) is 0 Å². The summed E-state index contributed by atoms with van der Waals surface area (Å²) in [5.41, 5.74) is 0. The first kappa shape index (κ1) is 10.4. The van der Waals surface area contributed by atoms with Gasteiger partial charge in [0, 0.05) is 31.2 Å². The molecule has 2 heterocycles. The highest BCUT2D eigenvalue weighted by Gasteiger charge is 2.38. The van der Waals surface area contributed by atoms with Crippen LogP contribution in [-0.4, -0.2) is 48.1 Å². The monoisotopic (exact) mass is 196 g/mol. The third kappa shape index (κ3) is 1.70. The summed E-state index contributed by atoms with van der Waals surface area (Å²) in [6.45, 7) is 7.29. The smallest absolute Gasteiger partial charge is 0.0224 e. The van der Waals surface area contributed by atoms with Crippen molar-refractivity contribution in [2.75, 3.05) is 20.1 Å². The minimum absolute atomic E-state index is 0.840. The number of nitrogens with zero attached hydrogens (tertiary/aromatic N) is 2. The Morgan fingerprint density at radius 2 is 1.57 bits per heavy atom. The van der Waals surface area contributed by atoms with Crippen LogP contribution in [0.3, 0.4) is 0 Å². The van der Waals surface area contributed by atoms with Crippen LogP contribution in [0.15, 0.2) is 0 Å². The van der Waals surface area contributed by atoms with Gasteiger partial charge in [-0.15, -0.1) is 0 Å². The Hall–Kier alpha value is -0.0800. The van der Waals surface area contributed by atoms with Crippen molar-refractivity contribution < 1.29 is 0 Å². The average Bonchev–Trinajstić information content (AvgIpc) is 2.42. The number of likely N-dealkylation sites (tertiary alicyclic amines) is 1. The summed E-state index contributed by atoms with van der Waals surface area (Å²) in [7, 11) is 2.31. The Morgan fingerprint density at radius 3 is 2.00 bits per heavy atom. The highest BCUT2D eigenvalue weighted by atomic mass is 15.3. The molecule has 0 spiro atoms. The molecule has 82 valence electrons. The molecule has 0 saturated carbocycles. The van der Waals surface area contributed by atoms with E-state index in [0.717, 1.165) is 18.1 Å². The first-order chi connectivity index (χ1) is 6.76. The fraction of sp³-hybridized carbons (Fsp3) is 1.00. The predicted molar refractivity (Wildman–Crippen MR) is 60.5 cm³/mol. The molecule has 0 aromatic heterocycles. The van der Waals surface area contributed by atoms with E-state index in [2.05, 4.69) is 30.7 Å². The zero-order valence-electron chi connectivity index (χ0n) is 9.87. The number of rotatable bonds is 3. The summed E-state index contributed by atoms with van der Waals surface area (Å²) >= 11 is 0. The van der Waals surface area contributed by atoms with Gasteiger partial charge < -0.3 is 0 Å². The second-order valence-corrected chi connectivity index (χ2v) is 4.97. The summed E-state index contributed by atoms with van der Waals surface area (Å²) in [5.74, 6) is 0. The second-order valence-electron chi connectivity index (χ2n) is 4.97. The van der Waals surface area contributed by atoms with E-state index in [1.165, 1.54) is 38.8 Å². The molecule has 2 aliphatic rings. The molecular formula is C12H24N2. The normalized spacial score (nSPS) is 34.3. The van der Waals surface area contributed by atoms with Crippen LogP contribution in [0.25, 0.3) is 0 Å². The Bertz CT molecular complexity index is 175. The van der Waals surface area contributed by atoms with Crippen molar-refractivity contribution in [2.24, 2.45) is 0 Å². The molecule has 0 aromatic rings. The van der Waals surface area contributed by atoms with Gasteiger partial charge in [0.2, 0.25) is 0 Å². The summed E-state index contributed by atoms with van der Waals surface area (Å²) in [6, 6.07) is 2.55. The second kappa shape index (κ2) is 4.19. The van der Waals surface area contributed by atoms with E-state index in [1.807, 2.05) is 0 Å². The van der Waals surface area contributed by atoms with Crippen LogP contribution in [-0.2, 0) is 0 Å². The quantitative estimate of drug-likeness (QED) is 0.681. The van der Waals surface area contributed by atoms with Crippen molar-refractivity contribution in [3.63, 3.8) is 0 Å². The summed E-state index contributed by atoms with van der Waals surface area (Å²) in [5, 5.41) is 0. The molecule has 2 rings (SSSR count). The highest BCUT2D eigenvalue weighted by Crippen LogP contribution is 2.30. The number of hydrogen-bond donors (Lipinski definition) is 0. The maximum Gasteiger partial charge on any atom is 0.0224 e. The van der Waals surface area contributed by atoms with Crippen LogP contribution < -0.4 is 0 Å². The Kier molecular flexibility index (Phi) is 3.13. The zero-order valence-corrected chi connectivity index (χ0v) is 9.87. The molecular weight excluding hydrogens is 172 g/mol. The SMILES string of the molecule is CCC(CC)N1CC2CCC(C1)N2C. The number of fused-ring (bicyclic) bond motifs is 2. The van der Waals surface area contributed by atoms with Gasteiger partial charge in [0.1, 0.15) is 0 Å². The van der Waals surface area contributed by atoms with E-state index >= 15 is 0 Å². The van der Waals surface area contributed by atoms with Gasteiger partial charge in [-0.1, -0.05) is 13.8 Å². The Morgan fingerprint density at radius 1 is 1.07 bits per heavy atom. The molecule has 2 saturated heterocycles. The summed E-state index contributed by atoms with van der Waals surface area (Å²) in [6.07, 6.45) is 5.49. The average molecular weight is 196 g/mol. The van der Waals surface area contributed by atoms with E-state index < -0.39 is 0 Å². The summed E-state index contributed by atoms with van der Waals surface area (Å²) < 4.78 is 0. The molecule has 0 aromatic carbocycles. The van der Waals surface area contributed by atoms with Crippen molar-refractivity contribution in [1.29, 1.82) is 0 Å². The maximum atomic E-state index is 2.74. The molecule has 2 fully saturated rings. The fourth-order valence-electron chi connectivity index (χ4n) is 3.25. The minimum atomic E-state index is 0.840.